The van der Waals surface area contributed by atoms with Gasteiger partial charge in [0.15, 0.2) is 0 Å². The minimum absolute atomic E-state index is 0.149. The summed E-state index contributed by atoms with van der Waals surface area (Å²) in [6.07, 6.45) is 0. The Kier molecular flexibility index (Phi) is 5.95. The van der Waals surface area contributed by atoms with Crippen molar-refractivity contribution < 1.29 is 4.79 Å². The van der Waals surface area contributed by atoms with E-state index in [1.807, 2.05) is 50.2 Å². The molecule has 6 nitrogen and oxygen atoms in total. The summed E-state index contributed by atoms with van der Waals surface area (Å²) in [6, 6.07) is 18.7. The lowest BCUT2D eigenvalue weighted by atomic mass is 10.1. The predicted molar refractivity (Wildman–Crippen MR) is 125 cm³/mol. The molecule has 0 aliphatic rings. The van der Waals surface area contributed by atoms with Crippen LogP contribution in [0.4, 0.5) is 0 Å². The predicted octanol–water partition coefficient (Wildman–Crippen LogP) is 4.72. The quantitative estimate of drug-likeness (QED) is 0.451. The zero-order valence-corrected chi connectivity index (χ0v) is 18.8. The lowest BCUT2D eigenvalue weighted by Crippen LogP contribution is -2.32. The highest BCUT2D eigenvalue weighted by molar-refractivity contribution is 9.10. The van der Waals surface area contributed by atoms with Gasteiger partial charge in [0.05, 0.1) is 34.4 Å². The van der Waals surface area contributed by atoms with E-state index in [1.54, 1.807) is 29.2 Å². The van der Waals surface area contributed by atoms with E-state index < -0.39 is 0 Å². The fourth-order valence-electron chi connectivity index (χ4n) is 3.48. The molecule has 0 spiro atoms. The Balaban J connectivity index is 1.61. The third-order valence-electron chi connectivity index (χ3n) is 5.11. The number of hydrogen-bond donors (Lipinski definition) is 1. The van der Waals surface area contributed by atoms with Crippen LogP contribution in [0.2, 0.25) is 0 Å². The molecule has 7 heteroatoms. The summed E-state index contributed by atoms with van der Waals surface area (Å²) in [4.78, 5) is 39.2. The molecule has 2 aromatic heterocycles. The molecule has 0 radical (unpaired) electrons. The first-order valence-electron chi connectivity index (χ1n) is 9.97. The van der Waals surface area contributed by atoms with Crippen molar-refractivity contribution >= 4 is 32.7 Å². The first kappa shape index (κ1) is 20.9. The van der Waals surface area contributed by atoms with Gasteiger partial charge in [-0.2, -0.15) is 0 Å². The molecular formula is C24H21BrN4O2. The SMILES string of the molecule is CCN(Cc1nc2ccccc2c(=O)[nH]1)C(=O)c1ccc(-c2cccc(Br)c2)nc1C. The normalized spacial score (nSPS) is 10.9. The van der Waals surface area contributed by atoms with Crippen molar-refractivity contribution in [1.82, 2.24) is 19.9 Å². The number of hydrogen-bond acceptors (Lipinski definition) is 4. The molecule has 0 saturated carbocycles. The second kappa shape index (κ2) is 8.81. The zero-order valence-electron chi connectivity index (χ0n) is 17.2. The van der Waals surface area contributed by atoms with Gasteiger partial charge in [-0.15, -0.1) is 0 Å². The second-order valence-corrected chi connectivity index (χ2v) is 8.10. The van der Waals surface area contributed by atoms with E-state index in [4.69, 9.17) is 0 Å². The fourth-order valence-corrected chi connectivity index (χ4v) is 3.88. The van der Waals surface area contributed by atoms with Gasteiger partial charge in [-0.1, -0.05) is 40.2 Å². The number of nitrogens with one attached hydrogen (secondary N) is 1. The first-order chi connectivity index (χ1) is 15.0. The number of aryl methyl sites for hydroxylation is 1. The number of rotatable bonds is 5. The molecule has 0 fully saturated rings. The maximum atomic E-state index is 13.2. The fraction of sp³-hybridized carbons (Fsp3) is 0.167. The van der Waals surface area contributed by atoms with Gasteiger partial charge in [0, 0.05) is 16.6 Å². The van der Waals surface area contributed by atoms with Crippen molar-refractivity contribution in [3.05, 3.63) is 92.6 Å². The van der Waals surface area contributed by atoms with Gasteiger partial charge in [0.2, 0.25) is 0 Å². The van der Waals surface area contributed by atoms with Crippen LogP contribution in [0, 0.1) is 6.92 Å². The van der Waals surface area contributed by atoms with Gasteiger partial charge in [0.25, 0.3) is 11.5 Å². The molecule has 2 heterocycles. The van der Waals surface area contributed by atoms with Crippen molar-refractivity contribution in [3.8, 4) is 11.3 Å². The molecule has 2 aromatic carbocycles. The summed E-state index contributed by atoms with van der Waals surface area (Å²) >= 11 is 3.48. The largest absolute Gasteiger partial charge is 0.331 e. The number of fused-ring (bicyclic) bond motifs is 1. The van der Waals surface area contributed by atoms with Gasteiger partial charge >= 0.3 is 0 Å². The van der Waals surface area contributed by atoms with Crippen LogP contribution in [0.5, 0.6) is 0 Å². The molecule has 0 atom stereocenters. The smallest absolute Gasteiger partial charge is 0.258 e. The second-order valence-electron chi connectivity index (χ2n) is 7.19. The number of aromatic nitrogens is 3. The van der Waals surface area contributed by atoms with Crippen molar-refractivity contribution in [3.63, 3.8) is 0 Å². The number of halogens is 1. The number of pyridine rings is 1. The molecular weight excluding hydrogens is 456 g/mol. The van der Waals surface area contributed by atoms with Gasteiger partial charge in [-0.3, -0.25) is 14.6 Å². The van der Waals surface area contributed by atoms with Crippen LogP contribution in [0.3, 0.4) is 0 Å². The lowest BCUT2D eigenvalue weighted by Gasteiger charge is -2.21. The minimum Gasteiger partial charge on any atom is -0.331 e. The molecule has 1 N–H and O–H groups in total. The van der Waals surface area contributed by atoms with Crippen molar-refractivity contribution in [2.45, 2.75) is 20.4 Å². The average Bonchev–Trinajstić information content (AvgIpc) is 2.77. The van der Waals surface area contributed by atoms with E-state index in [2.05, 4.69) is 30.9 Å². The molecule has 0 unspecified atom stereocenters. The van der Waals surface area contributed by atoms with Crippen LogP contribution in [-0.4, -0.2) is 32.3 Å². The Morgan fingerprint density at radius 3 is 2.61 bits per heavy atom. The van der Waals surface area contributed by atoms with Crippen LogP contribution in [-0.2, 0) is 6.54 Å². The molecule has 4 rings (SSSR count). The van der Waals surface area contributed by atoms with Crippen LogP contribution < -0.4 is 5.56 Å². The van der Waals surface area contributed by atoms with Crippen molar-refractivity contribution in [1.29, 1.82) is 0 Å². The van der Waals surface area contributed by atoms with Gasteiger partial charge in [0.1, 0.15) is 5.82 Å². The third-order valence-corrected chi connectivity index (χ3v) is 5.60. The van der Waals surface area contributed by atoms with Crippen molar-refractivity contribution in [2.24, 2.45) is 0 Å². The summed E-state index contributed by atoms with van der Waals surface area (Å²) in [5.74, 6) is 0.305. The molecule has 4 aromatic rings. The Morgan fingerprint density at radius 2 is 1.87 bits per heavy atom. The first-order valence-corrected chi connectivity index (χ1v) is 10.8. The zero-order chi connectivity index (χ0) is 22.0. The Labute approximate surface area is 188 Å². The number of amides is 1. The van der Waals surface area contributed by atoms with E-state index in [1.165, 1.54) is 0 Å². The number of carbonyl (C=O) groups excluding carboxylic acids is 1. The summed E-state index contributed by atoms with van der Waals surface area (Å²) in [5, 5.41) is 0.531. The van der Waals surface area contributed by atoms with Gasteiger partial charge in [-0.05, 0) is 50.2 Å². The maximum Gasteiger partial charge on any atom is 0.258 e. The van der Waals surface area contributed by atoms with E-state index >= 15 is 0 Å². The highest BCUT2D eigenvalue weighted by atomic mass is 79.9. The highest BCUT2D eigenvalue weighted by Gasteiger charge is 2.19. The molecule has 0 bridgehead atoms. The molecule has 0 aliphatic heterocycles. The van der Waals surface area contributed by atoms with Crippen LogP contribution in [0.25, 0.3) is 22.2 Å². The molecule has 0 aliphatic carbocycles. The third kappa shape index (κ3) is 4.41. The average molecular weight is 477 g/mol. The van der Waals surface area contributed by atoms with Gasteiger partial charge < -0.3 is 9.88 Å². The topological polar surface area (TPSA) is 79.0 Å². The lowest BCUT2D eigenvalue weighted by molar-refractivity contribution is 0.0747. The summed E-state index contributed by atoms with van der Waals surface area (Å²) in [7, 11) is 0. The number of H-pyrrole nitrogens is 1. The van der Waals surface area contributed by atoms with E-state index in [9.17, 15) is 9.59 Å². The van der Waals surface area contributed by atoms with Crippen LogP contribution in [0.15, 0.2) is 69.9 Å². The van der Waals surface area contributed by atoms with Gasteiger partial charge in [-0.25, -0.2) is 4.98 Å². The number of carbonyl (C=O) groups is 1. The maximum absolute atomic E-state index is 13.2. The molecule has 0 saturated heterocycles. The monoisotopic (exact) mass is 476 g/mol. The number of aromatic amines is 1. The van der Waals surface area contributed by atoms with Crippen molar-refractivity contribution in [2.75, 3.05) is 6.54 Å². The number of benzene rings is 2. The minimum atomic E-state index is -0.208. The Hall–Kier alpha value is -3.32. The Bertz CT molecular complexity index is 1330. The van der Waals surface area contributed by atoms with E-state index in [-0.39, 0.29) is 18.0 Å². The highest BCUT2D eigenvalue weighted by Crippen LogP contribution is 2.23. The summed E-state index contributed by atoms with van der Waals surface area (Å²) in [5.41, 5.74) is 3.37. The van der Waals surface area contributed by atoms with Crippen LogP contribution in [0.1, 0.15) is 28.8 Å². The summed E-state index contributed by atoms with van der Waals surface area (Å²) in [6.45, 7) is 4.42. The van der Waals surface area contributed by atoms with E-state index in [0.29, 0.717) is 34.5 Å². The molecule has 1 amide bonds. The van der Waals surface area contributed by atoms with Crippen LogP contribution >= 0.6 is 15.9 Å². The molecule has 156 valence electrons. The number of nitrogens with zero attached hydrogens (tertiary/aromatic N) is 3. The van der Waals surface area contributed by atoms with E-state index in [0.717, 1.165) is 15.7 Å². The Morgan fingerprint density at radius 1 is 1.06 bits per heavy atom. The molecule has 31 heavy (non-hydrogen) atoms. The summed E-state index contributed by atoms with van der Waals surface area (Å²) < 4.78 is 0.971. The number of para-hydroxylation sites is 1. The standard InChI is InChI=1S/C24H21BrN4O2/c1-3-29(14-22-27-21-10-5-4-9-19(21)23(30)28-22)24(31)18-11-12-20(26-15(18)2)16-7-6-8-17(25)13-16/h4-13H,3,14H2,1-2H3,(H,27,28,30).